The molecule has 0 unspecified atom stereocenters. The summed E-state index contributed by atoms with van der Waals surface area (Å²) in [4.78, 5) is 11.9. The Balaban J connectivity index is 1.38. The van der Waals surface area contributed by atoms with Gasteiger partial charge in [0.05, 0.1) is 11.4 Å². The Morgan fingerprint density at radius 3 is 2.76 bits per heavy atom. The number of hydrogen-bond acceptors (Lipinski definition) is 2. The molecule has 0 bridgehead atoms. The maximum atomic E-state index is 11.9. The van der Waals surface area contributed by atoms with E-state index in [4.69, 9.17) is 0 Å². The van der Waals surface area contributed by atoms with Crippen LogP contribution in [-0.2, 0) is 11.2 Å². The van der Waals surface area contributed by atoms with Gasteiger partial charge in [-0.1, -0.05) is 43.9 Å². The second kappa shape index (κ2) is 8.84. The van der Waals surface area contributed by atoms with Crippen LogP contribution in [0.4, 0.5) is 0 Å². The largest absolute Gasteiger partial charge is 0.356 e. The van der Waals surface area contributed by atoms with Crippen LogP contribution in [0.15, 0.2) is 36.5 Å². The topological polar surface area (TPSA) is 46.9 Å². The average molecular weight is 339 g/mol. The van der Waals surface area contributed by atoms with Crippen LogP contribution >= 0.6 is 0 Å². The lowest BCUT2D eigenvalue weighted by atomic mass is 10.0. The van der Waals surface area contributed by atoms with Crippen molar-refractivity contribution in [1.82, 2.24) is 15.1 Å². The van der Waals surface area contributed by atoms with Crippen LogP contribution in [0.2, 0.25) is 0 Å². The number of benzene rings is 1. The van der Waals surface area contributed by atoms with E-state index in [-0.39, 0.29) is 5.91 Å². The molecule has 1 amide bonds. The number of amides is 1. The zero-order chi connectivity index (χ0) is 17.5. The van der Waals surface area contributed by atoms with Gasteiger partial charge in [-0.3, -0.25) is 4.79 Å². The van der Waals surface area contributed by atoms with Crippen molar-refractivity contribution in [2.45, 2.75) is 58.3 Å². The molecule has 0 atom stereocenters. The zero-order valence-corrected chi connectivity index (χ0v) is 15.2. The van der Waals surface area contributed by atoms with Crippen molar-refractivity contribution in [3.05, 3.63) is 47.8 Å². The molecule has 1 fully saturated rings. The van der Waals surface area contributed by atoms with E-state index in [1.807, 2.05) is 22.9 Å². The van der Waals surface area contributed by atoms with Gasteiger partial charge in [0.25, 0.3) is 0 Å². The van der Waals surface area contributed by atoms with Gasteiger partial charge in [0, 0.05) is 19.2 Å². The zero-order valence-electron chi connectivity index (χ0n) is 15.2. The lowest BCUT2D eigenvalue weighted by molar-refractivity contribution is -0.121. The summed E-state index contributed by atoms with van der Waals surface area (Å²) in [6, 6.07) is 10.2. The van der Waals surface area contributed by atoms with Crippen molar-refractivity contribution in [3.8, 4) is 5.69 Å². The highest BCUT2D eigenvalue weighted by molar-refractivity contribution is 5.75. The number of hydrogen-bond donors (Lipinski definition) is 1. The maximum Gasteiger partial charge on any atom is 0.220 e. The molecule has 4 nitrogen and oxygen atoms in total. The molecule has 1 aromatic carbocycles. The number of carbonyl (C=O) groups excluding carboxylic acids is 1. The SMILES string of the molecule is Cc1nn(-c2ccccc2)cc1CCCNC(=O)CCC1CCCC1. The Kier molecular flexibility index (Phi) is 6.26. The summed E-state index contributed by atoms with van der Waals surface area (Å²) >= 11 is 0. The molecule has 25 heavy (non-hydrogen) atoms. The molecule has 1 aromatic heterocycles. The second-order valence-corrected chi connectivity index (χ2v) is 7.16. The summed E-state index contributed by atoms with van der Waals surface area (Å²) in [6.45, 7) is 2.80. The number of aromatic nitrogens is 2. The fourth-order valence-electron chi connectivity index (χ4n) is 3.68. The quantitative estimate of drug-likeness (QED) is 0.733. The predicted octanol–water partition coefficient (Wildman–Crippen LogP) is 4.20. The third-order valence-electron chi connectivity index (χ3n) is 5.22. The van der Waals surface area contributed by atoms with Gasteiger partial charge < -0.3 is 5.32 Å². The van der Waals surface area contributed by atoms with Gasteiger partial charge in [-0.15, -0.1) is 0 Å². The van der Waals surface area contributed by atoms with E-state index in [0.29, 0.717) is 6.42 Å². The first kappa shape index (κ1) is 17.7. The van der Waals surface area contributed by atoms with Crippen LogP contribution in [0, 0.1) is 12.8 Å². The third-order valence-corrected chi connectivity index (χ3v) is 5.22. The van der Waals surface area contributed by atoms with E-state index < -0.39 is 0 Å². The van der Waals surface area contributed by atoms with E-state index in [9.17, 15) is 4.79 Å². The van der Waals surface area contributed by atoms with Crippen LogP contribution in [0.25, 0.3) is 5.69 Å². The lowest BCUT2D eigenvalue weighted by Crippen LogP contribution is -2.25. The molecule has 2 aromatic rings. The predicted molar refractivity (Wildman–Crippen MR) is 101 cm³/mol. The number of aryl methyl sites for hydroxylation is 2. The van der Waals surface area contributed by atoms with Crippen LogP contribution in [0.1, 0.15) is 56.2 Å². The Morgan fingerprint density at radius 1 is 1.24 bits per heavy atom. The highest BCUT2D eigenvalue weighted by Gasteiger charge is 2.16. The minimum atomic E-state index is 0.212. The first-order chi connectivity index (χ1) is 12.2. The van der Waals surface area contributed by atoms with E-state index in [2.05, 4.69) is 35.7 Å². The van der Waals surface area contributed by atoms with Crippen LogP contribution in [-0.4, -0.2) is 22.2 Å². The maximum absolute atomic E-state index is 11.9. The van der Waals surface area contributed by atoms with Crippen LogP contribution in [0.3, 0.4) is 0 Å². The normalized spacial score (nSPS) is 14.8. The summed E-state index contributed by atoms with van der Waals surface area (Å²) < 4.78 is 1.94. The van der Waals surface area contributed by atoms with Crippen molar-refractivity contribution in [2.75, 3.05) is 6.54 Å². The third kappa shape index (κ3) is 5.18. The van der Waals surface area contributed by atoms with E-state index >= 15 is 0 Å². The highest BCUT2D eigenvalue weighted by Crippen LogP contribution is 2.28. The molecular weight excluding hydrogens is 310 g/mol. The van der Waals surface area contributed by atoms with Crippen molar-refractivity contribution in [1.29, 1.82) is 0 Å². The summed E-state index contributed by atoms with van der Waals surface area (Å²) in [5, 5.41) is 7.67. The minimum Gasteiger partial charge on any atom is -0.356 e. The smallest absolute Gasteiger partial charge is 0.220 e. The monoisotopic (exact) mass is 339 g/mol. The van der Waals surface area contributed by atoms with Crippen molar-refractivity contribution in [3.63, 3.8) is 0 Å². The minimum absolute atomic E-state index is 0.212. The van der Waals surface area contributed by atoms with Gasteiger partial charge in [-0.2, -0.15) is 5.10 Å². The molecule has 1 saturated carbocycles. The van der Waals surface area contributed by atoms with Gasteiger partial charge in [0.2, 0.25) is 5.91 Å². The Hall–Kier alpha value is -2.10. The molecular formula is C21H29N3O. The molecule has 1 aliphatic carbocycles. The number of para-hydroxylation sites is 1. The average Bonchev–Trinajstić information content (AvgIpc) is 3.28. The lowest BCUT2D eigenvalue weighted by Gasteiger charge is -2.09. The molecule has 1 N–H and O–H groups in total. The molecule has 4 heteroatoms. The van der Waals surface area contributed by atoms with Crippen molar-refractivity contribution < 1.29 is 4.79 Å². The molecule has 0 radical (unpaired) electrons. The standard InChI is InChI=1S/C21H29N3O/c1-17-19(16-24(23-17)20-11-3-2-4-12-20)10-7-15-22-21(25)14-13-18-8-5-6-9-18/h2-4,11-12,16,18H,5-10,13-15H2,1H3,(H,22,25). The Morgan fingerprint density at radius 2 is 2.00 bits per heavy atom. The molecule has 1 heterocycles. The molecule has 1 aliphatic rings. The van der Waals surface area contributed by atoms with Gasteiger partial charge in [0.1, 0.15) is 0 Å². The number of carbonyl (C=O) groups is 1. The Bertz CT molecular complexity index is 672. The first-order valence-electron chi connectivity index (χ1n) is 9.59. The van der Waals surface area contributed by atoms with Gasteiger partial charge >= 0.3 is 0 Å². The summed E-state index contributed by atoms with van der Waals surface area (Å²) in [6.07, 6.45) is 11.1. The van der Waals surface area contributed by atoms with E-state index in [1.54, 1.807) is 0 Å². The molecule has 0 spiro atoms. The fourth-order valence-corrected chi connectivity index (χ4v) is 3.68. The van der Waals surface area contributed by atoms with Gasteiger partial charge in [-0.25, -0.2) is 4.68 Å². The fraction of sp³-hybridized carbons (Fsp3) is 0.524. The van der Waals surface area contributed by atoms with Crippen molar-refractivity contribution in [2.24, 2.45) is 5.92 Å². The van der Waals surface area contributed by atoms with E-state index in [1.165, 1.54) is 31.2 Å². The molecule has 134 valence electrons. The van der Waals surface area contributed by atoms with Gasteiger partial charge in [0.15, 0.2) is 0 Å². The summed E-state index contributed by atoms with van der Waals surface area (Å²) in [7, 11) is 0. The molecule has 0 saturated heterocycles. The summed E-state index contributed by atoms with van der Waals surface area (Å²) in [5.74, 6) is 1.00. The number of rotatable bonds is 8. The summed E-state index contributed by atoms with van der Waals surface area (Å²) in [5.41, 5.74) is 3.40. The van der Waals surface area contributed by atoms with Gasteiger partial charge in [-0.05, 0) is 49.8 Å². The van der Waals surface area contributed by atoms with Crippen LogP contribution in [0.5, 0.6) is 0 Å². The second-order valence-electron chi connectivity index (χ2n) is 7.16. The van der Waals surface area contributed by atoms with E-state index in [0.717, 1.165) is 43.1 Å². The Labute approximate surface area is 150 Å². The molecule has 3 rings (SSSR count). The van der Waals surface area contributed by atoms with Crippen molar-refractivity contribution >= 4 is 5.91 Å². The van der Waals surface area contributed by atoms with Crippen LogP contribution < -0.4 is 5.32 Å². The highest BCUT2D eigenvalue weighted by atomic mass is 16.1. The molecule has 0 aliphatic heterocycles. The first-order valence-corrected chi connectivity index (χ1v) is 9.59. The number of nitrogens with zero attached hydrogens (tertiary/aromatic N) is 2. The number of nitrogens with one attached hydrogen (secondary N) is 1.